The summed E-state index contributed by atoms with van der Waals surface area (Å²) in [5, 5.41) is 5.07. The van der Waals surface area contributed by atoms with E-state index in [1.807, 2.05) is 31.2 Å². The predicted molar refractivity (Wildman–Crippen MR) is 92.7 cm³/mol. The number of nitrogens with zero attached hydrogens (tertiary/aromatic N) is 1. The molecule has 1 N–H and O–H groups in total. The highest BCUT2D eigenvalue weighted by Crippen LogP contribution is 2.16. The summed E-state index contributed by atoms with van der Waals surface area (Å²) in [6.45, 7) is 1.87. The quantitative estimate of drug-likeness (QED) is 0.876. The van der Waals surface area contributed by atoms with Crippen molar-refractivity contribution in [2.45, 2.75) is 19.4 Å². The van der Waals surface area contributed by atoms with E-state index >= 15 is 0 Å². The van der Waals surface area contributed by atoms with Crippen LogP contribution in [0.5, 0.6) is 0 Å². The van der Waals surface area contributed by atoms with E-state index in [9.17, 15) is 13.2 Å². The van der Waals surface area contributed by atoms with E-state index in [-0.39, 0.29) is 6.04 Å². The molecule has 23 heavy (non-hydrogen) atoms. The maximum atomic E-state index is 11.9. The Labute approximate surface area is 137 Å². The van der Waals surface area contributed by atoms with Crippen molar-refractivity contribution in [1.29, 1.82) is 0 Å². The minimum atomic E-state index is -3.52. The Morgan fingerprint density at radius 3 is 2.43 bits per heavy atom. The summed E-state index contributed by atoms with van der Waals surface area (Å²) in [6, 6.07) is 14.1. The zero-order valence-corrected chi connectivity index (χ0v) is 14.4. The number of nitrogens with one attached hydrogen (secondary N) is 1. The van der Waals surface area contributed by atoms with Crippen LogP contribution < -0.4 is 5.32 Å². The summed E-state index contributed by atoms with van der Waals surface area (Å²) in [5.41, 5.74) is 1.10. The van der Waals surface area contributed by atoms with E-state index < -0.39 is 21.7 Å². The molecule has 5 nitrogen and oxygen atoms in total. The SMILES string of the molecule is C[C@@H](Cc1ccc2ccccc2c1)NC(=O)CS(=O)(=O)N(C)C. The average molecular weight is 334 g/mol. The molecule has 0 spiro atoms. The summed E-state index contributed by atoms with van der Waals surface area (Å²) in [5.74, 6) is -1.01. The van der Waals surface area contributed by atoms with Crippen molar-refractivity contribution in [2.75, 3.05) is 19.8 Å². The fraction of sp³-hybridized carbons (Fsp3) is 0.353. The molecular formula is C17H22N2O3S. The predicted octanol–water partition coefficient (Wildman–Crippen LogP) is 1.78. The molecule has 0 aromatic heterocycles. The summed E-state index contributed by atoms with van der Waals surface area (Å²) >= 11 is 0. The first-order valence-electron chi connectivity index (χ1n) is 7.45. The number of carbonyl (C=O) groups is 1. The second-order valence-corrected chi connectivity index (χ2v) is 8.08. The van der Waals surface area contributed by atoms with Gasteiger partial charge in [-0.05, 0) is 29.7 Å². The fourth-order valence-electron chi connectivity index (χ4n) is 2.38. The molecule has 124 valence electrons. The first kappa shape index (κ1) is 17.4. The summed E-state index contributed by atoms with van der Waals surface area (Å²) in [7, 11) is -0.688. The molecule has 1 amide bonds. The smallest absolute Gasteiger partial charge is 0.236 e. The fourth-order valence-corrected chi connectivity index (χ4v) is 3.05. The molecule has 0 radical (unpaired) electrons. The molecule has 2 rings (SSSR count). The normalized spacial score (nSPS) is 13.2. The minimum Gasteiger partial charge on any atom is -0.352 e. The first-order chi connectivity index (χ1) is 10.8. The van der Waals surface area contributed by atoms with Gasteiger partial charge in [0.25, 0.3) is 0 Å². The van der Waals surface area contributed by atoms with Crippen LogP contribution in [-0.2, 0) is 21.2 Å². The molecule has 0 fully saturated rings. The number of benzene rings is 2. The van der Waals surface area contributed by atoms with Gasteiger partial charge in [-0.2, -0.15) is 0 Å². The Balaban J connectivity index is 1.98. The highest BCUT2D eigenvalue weighted by Gasteiger charge is 2.20. The van der Waals surface area contributed by atoms with Gasteiger partial charge in [-0.3, -0.25) is 4.79 Å². The van der Waals surface area contributed by atoms with Gasteiger partial charge in [0.05, 0.1) is 0 Å². The second-order valence-electron chi connectivity index (χ2n) is 5.89. The van der Waals surface area contributed by atoms with Gasteiger partial charge in [-0.15, -0.1) is 0 Å². The Hall–Kier alpha value is -1.92. The largest absolute Gasteiger partial charge is 0.352 e. The molecule has 2 aromatic rings. The Morgan fingerprint density at radius 1 is 1.13 bits per heavy atom. The van der Waals surface area contributed by atoms with Crippen LogP contribution in [-0.4, -0.2) is 44.5 Å². The highest BCUT2D eigenvalue weighted by atomic mass is 32.2. The van der Waals surface area contributed by atoms with Gasteiger partial charge in [0.2, 0.25) is 15.9 Å². The molecule has 0 unspecified atom stereocenters. The molecule has 0 saturated carbocycles. The van der Waals surface area contributed by atoms with Crippen molar-refractivity contribution in [2.24, 2.45) is 0 Å². The summed E-state index contributed by atoms with van der Waals surface area (Å²) in [4.78, 5) is 11.9. The molecule has 0 aliphatic rings. The highest BCUT2D eigenvalue weighted by molar-refractivity contribution is 7.89. The molecule has 0 aliphatic heterocycles. The lowest BCUT2D eigenvalue weighted by molar-refractivity contribution is -0.119. The van der Waals surface area contributed by atoms with Crippen LogP contribution in [0.3, 0.4) is 0 Å². The lowest BCUT2D eigenvalue weighted by atomic mass is 10.0. The van der Waals surface area contributed by atoms with E-state index in [4.69, 9.17) is 0 Å². The van der Waals surface area contributed by atoms with Crippen molar-refractivity contribution in [3.63, 3.8) is 0 Å². The van der Waals surface area contributed by atoms with Crippen LogP contribution in [0.4, 0.5) is 0 Å². The molecule has 0 saturated heterocycles. The van der Waals surface area contributed by atoms with Gasteiger partial charge < -0.3 is 5.32 Å². The third-order valence-electron chi connectivity index (χ3n) is 3.63. The van der Waals surface area contributed by atoms with Gasteiger partial charge in [0.15, 0.2) is 0 Å². The van der Waals surface area contributed by atoms with E-state index in [1.165, 1.54) is 19.5 Å². The van der Waals surface area contributed by atoms with Gasteiger partial charge >= 0.3 is 0 Å². The lowest BCUT2D eigenvalue weighted by Gasteiger charge is -2.16. The van der Waals surface area contributed by atoms with Crippen LogP contribution >= 0.6 is 0 Å². The molecule has 0 aliphatic carbocycles. The van der Waals surface area contributed by atoms with Crippen molar-refractivity contribution in [3.05, 3.63) is 48.0 Å². The van der Waals surface area contributed by atoms with E-state index in [0.29, 0.717) is 6.42 Å². The van der Waals surface area contributed by atoms with Gasteiger partial charge in [0.1, 0.15) is 5.75 Å². The van der Waals surface area contributed by atoms with Crippen molar-refractivity contribution in [1.82, 2.24) is 9.62 Å². The number of hydrogen-bond acceptors (Lipinski definition) is 3. The molecule has 2 aromatic carbocycles. The third-order valence-corrected chi connectivity index (χ3v) is 5.37. The minimum absolute atomic E-state index is 0.138. The van der Waals surface area contributed by atoms with Crippen LogP contribution in [0.2, 0.25) is 0 Å². The number of sulfonamides is 1. The zero-order chi connectivity index (χ0) is 17.0. The second kappa shape index (κ2) is 7.10. The van der Waals surface area contributed by atoms with Crippen molar-refractivity contribution < 1.29 is 13.2 Å². The Bertz CT molecular complexity index is 800. The number of fused-ring (bicyclic) bond motifs is 1. The Morgan fingerprint density at radius 2 is 1.78 bits per heavy atom. The van der Waals surface area contributed by atoms with E-state index in [1.54, 1.807) is 0 Å². The first-order valence-corrected chi connectivity index (χ1v) is 9.06. The standard InChI is InChI=1S/C17H22N2O3S/c1-13(18-17(20)12-23(21,22)19(2)3)10-14-8-9-15-6-4-5-7-16(15)11-14/h4-9,11,13H,10,12H2,1-3H3,(H,18,20)/t13-/m0/s1. The van der Waals surface area contributed by atoms with Gasteiger partial charge in [0, 0.05) is 20.1 Å². The van der Waals surface area contributed by atoms with Crippen LogP contribution in [0.15, 0.2) is 42.5 Å². The lowest BCUT2D eigenvalue weighted by Crippen LogP contribution is -2.40. The van der Waals surface area contributed by atoms with Gasteiger partial charge in [-0.1, -0.05) is 42.5 Å². The molecule has 1 atom stereocenters. The van der Waals surface area contributed by atoms with Crippen LogP contribution in [0.25, 0.3) is 10.8 Å². The number of amides is 1. The number of rotatable bonds is 6. The van der Waals surface area contributed by atoms with Crippen LogP contribution in [0.1, 0.15) is 12.5 Å². The van der Waals surface area contributed by atoms with Crippen molar-refractivity contribution in [3.8, 4) is 0 Å². The summed E-state index contributed by atoms with van der Waals surface area (Å²) in [6.07, 6.45) is 0.651. The summed E-state index contributed by atoms with van der Waals surface area (Å²) < 4.78 is 24.4. The Kier molecular flexibility index (Phi) is 5.38. The third kappa shape index (κ3) is 4.77. The average Bonchev–Trinajstić information content (AvgIpc) is 2.46. The van der Waals surface area contributed by atoms with E-state index in [2.05, 4.69) is 23.5 Å². The number of hydrogen-bond donors (Lipinski definition) is 1. The van der Waals surface area contributed by atoms with Gasteiger partial charge in [-0.25, -0.2) is 12.7 Å². The number of carbonyl (C=O) groups excluding carboxylic acids is 1. The van der Waals surface area contributed by atoms with Crippen LogP contribution in [0, 0.1) is 0 Å². The van der Waals surface area contributed by atoms with E-state index in [0.717, 1.165) is 15.3 Å². The monoisotopic (exact) mass is 334 g/mol. The molecule has 6 heteroatoms. The molecule has 0 heterocycles. The molecule has 0 bridgehead atoms. The van der Waals surface area contributed by atoms with Crippen molar-refractivity contribution >= 4 is 26.7 Å². The topological polar surface area (TPSA) is 66.5 Å². The maximum absolute atomic E-state index is 11.9. The zero-order valence-electron chi connectivity index (χ0n) is 13.6. The molecular weight excluding hydrogens is 312 g/mol. The maximum Gasteiger partial charge on any atom is 0.236 e.